The Balaban J connectivity index is 2.12. The van der Waals surface area contributed by atoms with Gasteiger partial charge in [-0.2, -0.15) is 0 Å². The summed E-state index contributed by atoms with van der Waals surface area (Å²) in [6, 6.07) is 7.84. The van der Waals surface area contributed by atoms with Gasteiger partial charge in [0.05, 0.1) is 12.6 Å². The van der Waals surface area contributed by atoms with Crippen molar-refractivity contribution in [3.05, 3.63) is 34.9 Å². The quantitative estimate of drug-likeness (QED) is 0.729. The van der Waals surface area contributed by atoms with Gasteiger partial charge in [-0.25, -0.2) is 0 Å². The highest BCUT2D eigenvalue weighted by Gasteiger charge is 2.18. The van der Waals surface area contributed by atoms with E-state index in [1.165, 1.54) is 0 Å². The lowest BCUT2D eigenvalue weighted by Gasteiger charge is -2.24. The third kappa shape index (κ3) is 2.05. The molecular formula is C10H11ClN2O. The second kappa shape index (κ2) is 3.98. The number of piperazine rings is 1. The first-order valence-electron chi connectivity index (χ1n) is 4.51. The molecule has 2 N–H and O–H groups in total. The van der Waals surface area contributed by atoms with Gasteiger partial charge in [0.15, 0.2) is 0 Å². The highest BCUT2D eigenvalue weighted by molar-refractivity contribution is 6.30. The van der Waals surface area contributed by atoms with Gasteiger partial charge in [-0.15, -0.1) is 0 Å². The largest absolute Gasteiger partial charge is 0.353 e. The average molecular weight is 211 g/mol. The van der Waals surface area contributed by atoms with Gasteiger partial charge in [0.2, 0.25) is 5.91 Å². The first kappa shape index (κ1) is 9.49. The first-order valence-corrected chi connectivity index (χ1v) is 4.89. The highest BCUT2D eigenvalue weighted by Crippen LogP contribution is 2.18. The molecule has 1 aliphatic heterocycles. The minimum Gasteiger partial charge on any atom is -0.353 e. The predicted molar refractivity (Wildman–Crippen MR) is 55.2 cm³/mol. The van der Waals surface area contributed by atoms with Gasteiger partial charge in [-0.3, -0.25) is 10.1 Å². The summed E-state index contributed by atoms with van der Waals surface area (Å²) in [6.07, 6.45) is 0. The summed E-state index contributed by atoms with van der Waals surface area (Å²) in [5.41, 5.74) is 1.11. The fraction of sp³-hybridized carbons (Fsp3) is 0.300. The molecule has 1 aliphatic rings. The Bertz CT molecular complexity index is 344. The smallest absolute Gasteiger partial charge is 0.234 e. The molecule has 0 aliphatic carbocycles. The van der Waals surface area contributed by atoms with Crippen molar-refractivity contribution >= 4 is 17.5 Å². The van der Waals surface area contributed by atoms with Crippen LogP contribution in [0.25, 0.3) is 0 Å². The van der Waals surface area contributed by atoms with E-state index in [9.17, 15) is 4.79 Å². The van der Waals surface area contributed by atoms with Gasteiger partial charge in [0.25, 0.3) is 0 Å². The summed E-state index contributed by atoms with van der Waals surface area (Å²) in [6.45, 7) is 0.996. The zero-order valence-electron chi connectivity index (χ0n) is 7.59. The summed E-state index contributed by atoms with van der Waals surface area (Å²) < 4.78 is 0. The van der Waals surface area contributed by atoms with Crippen LogP contribution in [0.15, 0.2) is 24.3 Å². The number of carbonyl (C=O) groups excluding carboxylic acids is 1. The maximum Gasteiger partial charge on any atom is 0.234 e. The van der Waals surface area contributed by atoms with Crippen LogP contribution in [0.1, 0.15) is 11.6 Å². The van der Waals surface area contributed by atoms with Gasteiger partial charge in [-0.05, 0) is 17.7 Å². The summed E-state index contributed by atoms with van der Waals surface area (Å²) in [5, 5.41) is 6.67. The van der Waals surface area contributed by atoms with Crippen molar-refractivity contribution in [1.29, 1.82) is 0 Å². The molecule has 1 aromatic carbocycles. The molecule has 14 heavy (non-hydrogen) atoms. The number of nitrogens with one attached hydrogen (secondary N) is 2. The van der Waals surface area contributed by atoms with Gasteiger partial charge < -0.3 is 5.32 Å². The summed E-state index contributed by atoms with van der Waals surface area (Å²) >= 11 is 5.88. The molecule has 0 aromatic heterocycles. The number of rotatable bonds is 1. The lowest BCUT2D eigenvalue weighted by Crippen LogP contribution is -2.46. The highest BCUT2D eigenvalue weighted by atomic mass is 35.5. The van der Waals surface area contributed by atoms with E-state index in [1.807, 2.05) is 24.3 Å². The van der Waals surface area contributed by atoms with Crippen LogP contribution in [0.5, 0.6) is 0 Å². The minimum absolute atomic E-state index is 0.0447. The van der Waals surface area contributed by atoms with Crippen LogP contribution in [0.2, 0.25) is 5.02 Å². The van der Waals surface area contributed by atoms with E-state index in [0.29, 0.717) is 13.1 Å². The molecule has 1 saturated heterocycles. The fourth-order valence-electron chi connectivity index (χ4n) is 1.53. The minimum atomic E-state index is 0.0447. The Hall–Kier alpha value is -1.06. The number of halogens is 1. The Morgan fingerprint density at radius 3 is 2.93 bits per heavy atom. The van der Waals surface area contributed by atoms with Crippen molar-refractivity contribution in [2.24, 2.45) is 0 Å². The zero-order chi connectivity index (χ0) is 9.97. The number of benzene rings is 1. The van der Waals surface area contributed by atoms with E-state index in [4.69, 9.17) is 11.6 Å². The van der Waals surface area contributed by atoms with Crippen molar-refractivity contribution in [3.8, 4) is 0 Å². The molecule has 1 atom stereocenters. The summed E-state index contributed by atoms with van der Waals surface area (Å²) in [7, 11) is 0. The summed E-state index contributed by atoms with van der Waals surface area (Å²) in [5.74, 6) is 0.0447. The predicted octanol–water partition coefficient (Wildman–Crippen LogP) is 1.10. The molecule has 0 radical (unpaired) electrons. The summed E-state index contributed by atoms with van der Waals surface area (Å²) in [4.78, 5) is 10.9. The van der Waals surface area contributed by atoms with Crippen molar-refractivity contribution in [2.45, 2.75) is 6.04 Å². The fourth-order valence-corrected chi connectivity index (χ4v) is 1.72. The lowest BCUT2D eigenvalue weighted by atomic mass is 10.1. The van der Waals surface area contributed by atoms with Crippen LogP contribution in [-0.4, -0.2) is 19.0 Å². The average Bonchev–Trinajstić information content (AvgIpc) is 2.19. The van der Waals surface area contributed by atoms with Crippen LogP contribution in [0, 0.1) is 0 Å². The van der Waals surface area contributed by atoms with Gasteiger partial charge >= 0.3 is 0 Å². The van der Waals surface area contributed by atoms with Crippen molar-refractivity contribution in [1.82, 2.24) is 10.6 Å². The van der Waals surface area contributed by atoms with E-state index in [2.05, 4.69) is 10.6 Å². The molecule has 1 fully saturated rings. The molecule has 0 bridgehead atoms. The van der Waals surface area contributed by atoms with Gasteiger partial charge in [0.1, 0.15) is 0 Å². The zero-order valence-corrected chi connectivity index (χ0v) is 8.34. The molecule has 3 nitrogen and oxygen atoms in total. The number of hydrogen-bond donors (Lipinski definition) is 2. The Kier molecular flexibility index (Phi) is 2.70. The Morgan fingerprint density at radius 1 is 1.43 bits per heavy atom. The standard InChI is InChI=1S/C10H11ClN2O/c11-8-3-1-2-7(4-8)9-5-13-10(14)6-12-9/h1-4,9,12H,5-6H2,(H,13,14). The molecule has 2 rings (SSSR count). The molecular weight excluding hydrogens is 200 g/mol. The van der Waals surface area contributed by atoms with E-state index in [1.54, 1.807) is 0 Å². The maximum absolute atomic E-state index is 10.9. The SMILES string of the molecule is O=C1CNC(c2cccc(Cl)c2)CN1. The topological polar surface area (TPSA) is 41.1 Å². The third-order valence-electron chi connectivity index (χ3n) is 2.26. The number of amides is 1. The van der Waals surface area contributed by atoms with Crippen molar-refractivity contribution in [3.63, 3.8) is 0 Å². The Labute approximate surface area is 87.4 Å². The van der Waals surface area contributed by atoms with Crippen LogP contribution >= 0.6 is 11.6 Å². The number of hydrogen-bond acceptors (Lipinski definition) is 2. The number of carbonyl (C=O) groups is 1. The van der Waals surface area contributed by atoms with Crippen LogP contribution in [0.3, 0.4) is 0 Å². The third-order valence-corrected chi connectivity index (χ3v) is 2.50. The van der Waals surface area contributed by atoms with Crippen molar-refractivity contribution in [2.75, 3.05) is 13.1 Å². The molecule has 1 unspecified atom stereocenters. The van der Waals surface area contributed by atoms with Gasteiger partial charge in [-0.1, -0.05) is 23.7 Å². The van der Waals surface area contributed by atoms with E-state index >= 15 is 0 Å². The van der Waals surface area contributed by atoms with E-state index < -0.39 is 0 Å². The molecule has 4 heteroatoms. The van der Waals surface area contributed by atoms with E-state index in [-0.39, 0.29) is 11.9 Å². The molecule has 1 heterocycles. The van der Waals surface area contributed by atoms with Crippen LogP contribution in [0.4, 0.5) is 0 Å². The lowest BCUT2D eigenvalue weighted by molar-refractivity contribution is -0.121. The second-order valence-corrected chi connectivity index (χ2v) is 3.73. The van der Waals surface area contributed by atoms with Crippen LogP contribution in [-0.2, 0) is 4.79 Å². The molecule has 74 valence electrons. The second-order valence-electron chi connectivity index (χ2n) is 3.29. The monoisotopic (exact) mass is 210 g/mol. The van der Waals surface area contributed by atoms with E-state index in [0.717, 1.165) is 10.6 Å². The first-order chi connectivity index (χ1) is 6.75. The Morgan fingerprint density at radius 2 is 2.29 bits per heavy atom. The normalized spacial score (nSPS) is 21.8. The van der Waals surface area contributed by atoms with Crippen LogP contribution < -0.4 is 10.6 Å². The molecule has 1 amide bonds. The van der Waals surface area contributed by atoms with Gasteiger partial charge in [0, 0.05) is 11.6 Å². The van der Waals surface area contributed by atoms with Crippen molar-refractivity contribution < 1.29 is 4.79 Å². The molecule has 0 spiro atoms. The maximum atomic E-state index is 10.9. The molecule has 1 aromatic rings. The molecule has 0 saturated carbocycles.